The Morgan fingerprint density at radius 2 is 0.773 bits per heavy atom. The highest BCUT2D eigenvalue weighted by Gasteiger charge is 2.19. The van der Waals surface area contributed by atoms with E-state index in [4.69, 9.17) is 13.7 Å². The molecule has 0 aliphatic heterocycles. The molecule has 0 N–H and O–H groups in total. The second kappa shape index (κ2) is 29.2. The first-order chi connectivity index (χ1) is 46.4. The SMILES string of the molecule is CCc1cc[n+](C)c(-c2ccc(-c3ccccc3)cc2C)c1.[2H]C([2H])([2H])C([2H])(C)c1cc[n+](C)c(-c2ccc(-c3ccccc3)cc2C)c1.[2H]C([2H])([2H])c1c[n+](C)c(-c2ccc(-c3ccccc3)cc2C)cc1C.[2H]C([2H])([2H])c1ccc(-c2cc(-c3ccccc3)ccc2C)[n+](C)c1. The summed E-state index contributed by atoms with van der Waals surface area (Å²) in [5.41, 5.74) is 26.4. The Balaban J connectivity index is 0.000000153. The highest BCUT2D eigenvalue weighted by atomic mass is 14.9. The van der Waals surface area contributed by atoms with Gasteiger partial charge in [-0.15, -0.1) is 0 Å². The largest absolute Gasteiger partial charge is 0.212 e. The van der Waals surface area contributed by atoms with Gasteiger partial charge in [0.2, 0.25) is 22.8 Å². The van der Waals surface area contributed by atoms with Gasteiger partial charge in [-0.1, -0.05) is 191 Å². The predicted octanol–water partition coefficient (Wildman–Crippen LogP) is 19.2. The first-order valence-corrected chi connectivity index (χ1v) is 30.1. The van der Waals surface area contributed by atoms with Gasteiger partial charge < -0.3 is 0 Å². The number of benzene rings is 8. The fourth-order valence-electron chi connectivity index (χ4n) is 11.1. The molecule has 4 nitrogen and oxygen atoms in total. The molecule has 0 saturated carbocycles. The van der Waals surface area contributed by atoms with Gasteiger partial charge in [0.15, 0.2) is 24.8 Å². The maximum absolute atomic E-state index is 8.38. The van der Waals surface area contributed by atoms with Crippen molar-refractivity contribution in [2.75, 3.05) is 0 Å². The van der Waals surface area contributed by atoms with Crippen LogP contribution in [0.3, 0.4) is 0 Å². The molecular weight excluding hydrogens is 1060 g/mol. The van der Waals surface area contributed by atoms with Gasteiger partial charge in [0, 0.05) is 83.5 Å². The number of pyridine rings is 4. The molecule has 1 unspecified atom stereocenters. The van der Waals surface area contributed by atoms with Gasteiger partial charge in [-0.2, -0.15) is 0 Å². The van der Waals surface area contributed by atoms with Crippen LogP contribution < -0.4 is 18.3 Å². The lowest BCUT2D eigenvalue weighted by Crippen LogP contribution is -2.31. The maximum Gasteiger partial charge on any atom is 0.212 e. The average molecular weight is 1160 g/mol. The van der Waals surface area contributed by atoms with E-state index in [0.717, 1.165) is 79.1 Å². The summed E-state index contributed by atoms with van der Waals surface area (Å²) in [4.78, 5) is 0. The van der Waals surface area contributed by atoms with E-state index < -0.39 is 26.4 Å². The Bertz CT molecular complexity index is 4730. The molecule has 4 heterocycles. The van der Waals surface area contributed by atoms with Crippen LogP contribution in [0.5, 0.6) is 0 Å². The van der Waals surface area contributed by atoms with Crippen LogP contribution in [0.4, 0.5) is 0 Å². The molecule has 0 spiro atoms. The zero-order chi connectivity index (χ0) is 70.9. The van der Waals surface area contributed by atoms with Crippen LogP contribution in [0, 0.1) is 48.3 Å². The summed E-state index contributed by atoms with van der Waals surface area (Å²) >= 11 is 0. The monoisotopic (exact) mass is 1160 g/mol. The van der Waals surface area contributed by atoms with Crippen molar-refractivity contribution in [3.8, 4) is 89.5 Å². The number of rotatable bonds is 10. The third kappa shape index (κ3) is 15.5. The van der Waals surface area contributed by atoms with Crippen LogP contribution in [0.2, 0.25) is 0 Å². The zero-order valence-electron chi connectivity index (χ0n) is 62.8. The normalized spacial score (nSPS) is 13.5. The number of hydrogen-bond donors (Lipinski definition) is 0. The Hall–Kier alpha value is -9.64. The lowest BCUT2D eigenvalue weighted by atomic mass is 9.96. The molecule has 12 rings (SSSR count). The summed E-state index contributed by atoms with van der Waals surface area (Å²) in [6, 6.07) is 80.7. The van der Waals surface area contributed by atoms with Crippen LogP contribution in [-0.2, 0) is 34.6 Å². The number of aryl methyl sites for hydroxylation is 12. The summed E-state index contributed by atoms with van der Waals surface area (Å²) < 4.78 is 85.1. The zero-order valence-corrected chi connectivity index (χ0v) is 52.8. The van der Waals surface area contributed by atoms with Gasteiger partial charge in [0.1, 0.15) is 28.2 Å². The molecule has 0 saturated heterocycles. The van der Waals surface area contributed by atoms with Crippen molar-refractivity contribution >= 4 is 0 Å². The molecule has 0 radical (unpaired) electrons. The molecule has 8 aromatic carbocycles. The van der Waals surface area contributed by atoms with E-state index in [2.05, 4.69) is 204 Å². The molecular formula is C84H88N4+4. The average Bonchev–Trinajstić information content (AvgIpc) is 0.797. The third-order valence-electron chi connectivity index (χ3n) is 16.3. The standard InChI is InChI=1S/C22H24N.2C21H22N.C20H20N/c1-16(2)19-12-13-23(4)22(15-19)21-11-10-20(14-17(21)3)18-8-6-5-7-9-18;1-15-13-21(22(4)14-17(15)3)20-11-10-19(12-16(20)2)18-8-6-5-7-9-18;1-4-17-12-13-22(3)21(15-17)20-11-10-19(14-16(20)2)18-8-6-5-7-9-18;1-15-9-12-20(21(3)14-15)19-13-18(11-10-16(19)2)17-7-5-4-6-8-17/h5-16H,1-4H3;5-14H,1-4H3;5-15H,4H2,1-3H3;4-14H,1-3H3/q4*+1/i1D3,16D;3D3;;1D3. The predicted molar refractivity (Wildman–Crippen MR) is 371 cm³/mol. The molecule has 1 atom stereocenters. The smallest absolute Gasteiger partial charge is 0.201 e. The molecule has 4 heteroatoms. The van der Waals surface area contributed by atoms with Gasteiger partial charge in [-0.25, -0.2) is 18.3 Å². The van der Waals surface area contributed by atoms with E-state index in [9.17, 15) is 0 Å². The van der Waals surface area contributed by atoms with E-state index >= 15 is 0 Å². The highest BCUT2D eigenvalue weighted by Crippen LogP contribution is 2.32. The molecule has 0 aliphatic rings. The van der Waals surface area contributed by atoms with E-state index in [0.29, 0.717) is 16.7 Å². The Morgan fingerprint density at radius 1 is 0.341 bits per heavy atom. The molecule has 0 amide bonds. The third-order valence-corrected chi connectivity index (χ3v) is 16.3. The first kappa shape index (κ1) is 50.5. The van der Waals surface area contributed by atoms with E-state index in [1.165, 1.54) is 57.1 Å². The van der Waals surface area contributed by atoms with Crippen molar-refractivity contribution in [3.63, 3.8) is 0 Å². The van der Waals surface area contributed by atoms with Crippen LogP contribution in [0.1, 0.15) is 90.4 Å². The molecule has 0 aliphatic carbocycles. The number of nitrogens with zero attached hydrogens (tertiary/aromatic N) is 4. The molecule has 0 bridgehead atoms. The summed E-state index contributed by atoms with van der Waals surface area (Å²) in [5.74, 6) is -1.66. The molecule has 440 valence electrons. The van der Waals surface area contributed by atoms with Gasteiger partial charge in [-0.05, 0) is 174 Å². The number of aromatic nitrogens is 4. The summed E-state index contributed by atoms with van der Waals surface area (Å²) in [6.07, 6.45) is 8.46. The van der Waals surface area contributed by atoms with Crippen molar-refractivity contribution in [2.24, 2.45) is 28.2 Å². The van der Waals surface area contributed by atoms with E-state index in [-0.39, 0.29) is 0 Å². The summed E-state index contributed by atoms with van der Waals surface area (Å²) in [5, 5.41) is 0. The van der Waals surface area contributed by atoms with Crippen molar-refractivity contribution in [1.82, 2.24) is 0 Å². The minimum atomic E-state index is -2.39. The first-order valence-electron chi connectivity index (χ1n) is 35.1. The number of hydrogen-bond acceptors (Lipinski definition) is 0. The van der Waals surface area contributed by atoms with E-state index in [1.807, 2.05) is 121 Å². The second-order valence-electron chi connectivity index (χ2n) is 22.8. The minimum Gasteiger partial charge on any atom is -0.201 e. The quantitative estimate of drug-likeness (QED) is 0.121. The fourth-order valence-corrected chi connectivity index (χ4v) is 11.1. The maximum atomic E-state index is 8.38. The van der Waals surface area contributed by atoms with Gasteiger partial charge in [0.25, 0.3) is 0 Å². The van der Waals surface area contributed by atoms with Crippen molar-refractivity contribution in [1.29, 1.82) is 0 Å². The van der Waals surface area contributed by atoms with Crippen molar-refractivity contribution < 1.29 is 32.0 Å². The summed E-state index contributed by atoms with van der Waals surface area (Å²) in [7, 11) is 7.83. The Labute approximate surface area is 540 Å². The van der Waals surface area contributed by atoms with Crippen LogP contribution in [-0.4, -0.2) is 0 Å². The van der Waals surface area contributed by atoms with Crippen molar-refractivity contribution in [3.05, 3.63) is 311 Å². The molecule has 12 aromatic rings. The lowest BCUT2D eigenvalue weighted by Gasteiger charge is -2.10. The minimum absolute atomic E-state index is 0.352. The lowest BCUT2D eigenvalue weighted by molar-refractivity contribution is -0.660. The van der Waals surface area contributed by atoms with Crippen molar-refractivity contribution in [2.45, 2.75) is 81.3 Å². The topological polar surface area (TPSA) is 15.5 Å². The molecule has 0 fully saturated rings. The highest BCUT2D eigenvalue weighted by molar-refractivity contribution is 5.75. The van der Waals surface area contributed by atoms with E-state index in [1.54, 1.807) is 24.5 Å². The van der Waals surface area contributed by atoms with Gasteiger partial charge >= 0.3 is 0 Å². The van der Waals surface area contributed by atoms with Gasteiger partial charge in [0.05, 0.1) is 0 Å². The Kier molecular flexibility index (Phi) is 16.7. The van der Waals surface area contributed by atoms with Crippen LogP contribution in [0.15, 0.2) is 261 Å². The molecule has 4 aromatic heterocycles. The molecule has 88 heavy (non-hydrogen) atoms. The van der Waals surface area contributed by atoms with Gasteiger partial charge in [-0.3, -0.25) is 0 Å². The summed E-state index contributed by atoms with van der Waals surface area (Å²) in [6.45, 7) is 7.35. The Morgan fingerprint density at radius 3 is 1.20 bits per heavy atom. The van der Waals surface area contributed by atoms with Crippen LogP contribution in [0.25, 0.3) is 89.5 Å². The van der Waals surface area contributed by atoms with Crippen LogP contribution >= 0.6 is 0 Å². The second-order valence-corrected chi connectivity index (χ2v) is 22.8. The fraction of sp³-hybridized carbons (Fsp3) is 0.190.